The number of fused-ring (bicyclic) bond motifs is 7. The SMILES string of the molecule is Cc1ccc(CN2C(=O)C3=C(c4cc5ccccc5c5ccccc45)N(Cc4ccc(C)cc4)C(=O)C3=C2c2cc3ccccc3c3ccccc23)cc1. The van der Waals surface area contributed by atoms with Crippen LogP contribution in [-0.4, -0.2) is 21.6 Å². The number of hydrogen-bond acceptors (Lipinski definition) is 2. The topological polar surface area (TPSA) is 40.6 Å². The predicted molar refractivity (Wildman–Crippen MR) is 220 cm³/mol. The summed E-state index contributed by atoms with van der Waals surface area (Å²) in [5.41, 5.74) is 8.31. The van der Waals surface area contributed by atoms with Crippen LogP contribution in [0.2, 0.25) is 0 Å². The maximum absolute atomic E-state index is 15.5. The van der Waals surface area contributed by atoms with Crippen molar-refractivity contribution in [2.24, 2.45) is 0 Å². The highest BCUT2D eigenvalue weighted by atomic mass is 16.2. The molecule has 8 aromatic rings. The van der Waals surface area contributed by atoms with Gasteiger partial charge in [-0.15, -0.1) is 0 Å². The molecule has 0 atom stereocenters. The van der Waals surface area contributed by atoms with Crippen LogP contribution in [0.25, 0.3) is 54.5 Å². The number of nitrogens with zero attached hydrogens (tertiary/aromatic N) is 2. The molecule has 2 aliphatic rings. The minimum atomic E-state index is -0.162. The number of amides is 2. The van der Waals surface area contributed by atoms with Crippen molar-refractivity contribution in [2.45, 2.75) is 26.9 Å². The van der Waals surface area contributed by atoms with Gasteiger partial charge in [0.2, 0.25) is 0 Å². The van der Waals surface area contributed by atoms with E-state index in [1.165, 1.54) is 0 Å². The normalized spacial score (nSPS) is 14.5. The van der Waals surface area contributed by atoms with Gasteiger partial charge in [0.1, 0.15) is 0 Å². The van der Waals surface area contributed by atoms with Crippen molar-refractivity contribution in [3.05, 3.63) is 202 Å². The van der Waals surface area contributed by atoms with E-state index in [2.05, 4.69) is 147 Å². The van der Waals surface area contributed by atoms with Gasteiger partial charge in [0, 0.05) is 11.1 Å². The zero-order chi connectivity index (χ0) is 36.5. The van der Waals surface area contributed by atoms with Gasteiger partial charge in [-0.05, 0) is 80.2 Å². The lowest BCUT2D eigenvalue weighted by atomic mass is 9.92. The number of carbonyl (C=O) groups is 2. The van der Waals surface area contributed by atoms with E-state index in [0.29, 0.717) is 35.6 Å². The highest BCUT2D eigenvalue weighted by molar-refractivity contribution is 6.32. The smallest absolute Gasteiger partial charge is 0.261 e. The Morgan fingerprint density at radius 2 is 0.722 bits per heavy atom. The Morgan fingerprint density at radius 3 is 1.11 bits per heavy atom. The molecule has 0 unspecified atom stereocenters. The average Bonchev–Trinajstić information content (AvgIpc) is 3.64. The predicted octanol–water partition coefficient (Wildman–Crippen LogP) is 11.1. The van der Waals surface area contributed by atoms with Crippen molar-refractivity contribution in [3.63, 3.8) is 0 Å². The van der Waals surface area contributed by atoms with E-state index in [1.807, 2.05) is 34.1 Å². The summed E-state index contributed by atoms with van der Waals surface area (Å²) in [6.07, 6.45) is 0. The Balaban J connectivity index is 1.31. The summed E-state index contributed by atoms with van der Waals surface area (Å²) in [6, 6.07) is 54.4. The van der Waals surface area contributed by atoms with Crippen LogP contribution in [0.3, 0.4) is 0 Å². The lowest BCUT2D eigenvalue weighted by Gasteiger charge is -2.27. The fraction of sp³-hybridized carbons (Fsp3) is 0.0800. The largest absolute Gasteiger partial charge is 0.302 e. The van der Waals surface area contributed by atoms with Crippen molar-refractivity contribution in [1.82, 2.24) is 9.80 Å². The molecular formula is C50H36N2O2. The maximum atomic E-state index is 15.5. The number of aryl methyl sites for hydroxylation is 2. The zero-order valence-electron chi connectivity index (χ0n) is 30.1. The molecule has 0 saturated heterocycles. The summed E-state index contributed by atoms with van der Waals surface area (Å²) in [7, 11) is 0. The summed E-state index contributed by atoms with van der Waals surface area (Å²) in [4.78, 5) is 34.6. The van der Waals surface area contributed by atoms with E-state index in [1.54, 1.807) is 0 Å². The van der Waals surface area contributed by atoms with E-state index >= 15 is 9.59 Å². The van der Waals surface area contributed by atoms with Crippen LogP contribution in [0.1, 0.15) is 33.4 Å². The average molecular weight is 697 g/mol. The molecule has 0 fully saturated rings. The van der Waals surface area contributed by atoms with Gasteiger partial charge in [-0.3, -0.25) is 9.59 Å². The lowest BCUT2D eigenvalue weighted by molar-refractivity contribution is -0.124. The molecule has 0 N–H and O–H groups in total. The number of benzene rings is 8. The molecule has 54 heavy (non-hydrogen) atoms. The van der Waals surface area contributed by atoms with Gasteiger partial charge in [-0.1, -0.05) is 157 Å². The Labute approximate surface area is 313 Å². The summed E-state index contributed by atoms with van der Waals surface area (Å²) < 4.78 is 0. The van der Waals surface area contributed by atoms with Gasteiger partial charge in [-0.2, -0.15) is 0 Å². The second-order valence-corrected chi connectivity index (χ2v) is 14.6. The van der Waals surface area contributed by atoms with Crippen LogP contribution < -0.4 is 0 Å². The first-order valence-electron chi connectivity index (χ1n) is 18.5. The minimum Gasteiger partial charge on any atom is -0.302 e. The highest BCUT2D eigenvalue weighted by Crippen LogP contribution is 2.50. The van der Waals surface area contributed by atoms with Crippen molar-refractivity contribution >= 4 is 66.3 Å². The molecule has 0 aliphatic carbocycles. The first-order chi connectivity index (χ1) is 26.4. The van der Waals surface area contributed by atoms with Crippen LogP contribution in [0.5, 0.6) is 0 Å². The van der Waals surface area contributed by atoms with Gasteiger partial charge in [0.25, 0.3) is 11.8 Å². The Kier molecular flexibility index (Phi) is 7.34. The minimum absolute atomic E-state index is 0.162. The van der Waals surface area contributed by atoms with E-state index < -0.39 is 0 Å². The molecule has 0 radical (unpaired) electrons. The maximum Gasteiger partial charge on any atom is 0.261 e. The van der Waals surface area contributed by atoms with E-state index in [0.717, 1.165) is 76.5 Å². The number of rotatable bonds is 6. The highest BCUT2D eigenvalue weighted by Gasteiger charge is 2.49. The lowest BCUT2D eigenvalue weighted by Crippen LogP contribution is -2.29. The summed E-state index contributed by atoms with van der Waals surface area (Å²) in [5, 5.41) is 8.56. The van der Waals surface area contributed by atoms with Gasteiger partial charge < -0.3 is 9.80 Å². The Morgan fingerprint density at radius 1 is 0.389 bits per heavy atom. The van der Waals surface area contributed by atoms with Crippen LogP contribution in [0.15, 0.2) is 169 Å². The molecule has 0 spiro atoms. The molecule has 4 heteroatoms. The first-order valence-corrected chi connectivity index (χ1v) is 18.5. The van der Waals surface area contributed by atoms with E-state index in [-0.39, 0.29) is 11.8 Å². The van der Waals surface area contributed by atoms with Crippen LogP contribution in [0.4, 0.5) is 0 Å². The summed E-state index contributed by atoms with van der Waals surface area (Å²) >= 11 is 0. The molecule has 2 amide bonds. The summed E-state index contributed by atoms with van der Waals surface area (Å²) in [5.74, 6) is -0.324. The molecule has 2 heterocycles. The fourth-order valence-corrected chi connectivity index (χ4v) is 8.51. The third-order valence-electron chi connectivity index (χ3n) is 11.2. The van der Waals surface area contributed by atoms with Crippen LogP contribution >= 0.6 is 0 Å². The van der Waals surface area contributed by atoms with Crippen molar-refractivity contribution in [3.8, 4) is 0 Å². The summed E-state index contributed by atoms with van der Waals surface area (Å²) in [6.45, 7) is 4.80. The first kappa shape index (κ1) is 31.9. The molecule has 2 aliphatic heterocycles. The molecule has 4 nitrogen and oxygen atoms in total. The second-order valence-electron chi connectivity index (χ2n) is 14.6. The van der Waals surface area contributed by atoms with Gasteiger partial charge in [0.05, 0.1) is 35.6 Å². The molecule has 258 valence electrons. The van der Waals surface area contributed by atoms with Crippen molar-refractivity contribution in [1.29, 1.82) is 0 Å². The zero-order valence-corrected chi connectivity index (χ0v) is 30.1. The second kappa shape index (κ2) is 12.4. The molecule has 8 aromatic carbocycles. The Bertz CT molecular complexity index is 2730. The number of hydrogen-bond donors (Lipinski definition) is 0. The monoisotopic (exact) mass is 696 g/mol. The van der Waals surface area contributed by atoms with E-state index in [9.17, 15) is 0 Å². The molecular weight excluding hydrogens is 661 g/mol. The van der Waals surface area contributed by atoms with Gasteiger partial charge >= 0.3 is 0 Å². The van der Waals surface area contributed by atoms with Crippen molar-refractivity contribution < 1.29 is 9.59 Å². The van der Waals surface area contributed by atoms with E-state index in [4.69, 9.17) is 0 Å². The Hall–Kier alpha value is -6.78. The third-order valence-corrected chi connectivity index (χ3v) is 11.2. The van der Waals surface area contributed by atoms with Gasteiger partial charge in [-0.25, -0.2) is 0 Å². The van der Waals surface area contributed by atoms with Crippen molar-refractivity contribution in [2.75, 3.05) is 0 Å². The quantitative estimate of drug-likeness (QED) is 0.162. The standard InChI is InChI=1S/C50H36N2O2/c1-31-19-23-33(24-20-31)29-51-47(43-27-35-11-3-5-13-37(35)39-15-7-9-17-41(39)43)45-46(49(51)53)48(52(50(45)54)30-34-25-21-32(2)22-26-34)44-28-36-12-4-6-14-38(36)40-16-8-10-18-42(40)44/h3-28H,29-30H2,1-2H3. The molecule has 0 bridgehead atoms. The fourth-order valence-electron chi connectivity index (χ4n) is 8.51. The molecule has 10 rings (SSSR count). The molecule has 0 aromatic heterocycles. The molecule has 0 saturated carbocycles. The third kappa shape index (κ3) is 4.98. The van der Waals surface area contributed by atoms with Gasteiger partial charge in [0.15, 0.2) is 0 Å². The van der Waals surface area contributed by atoms with Crippen LogP contribution in [-0.2, 0) is 22.7 Å². The number of carbonyl (C=O) groups excluding carboxylic acids is 2. The van der Waals surface area contributed by atoms with Crippen LogP contribution in [0, 0.1) is 13.8 Å².